The number of phenols is 1. The first-order chi connectivity index (χ1) is 29.6. The van der Waals surface area contributed by atoms with Crippen LogP contribution in [0, 0.1) is 24.0 Å². The third-order valence-electron chi connectivity index (χ3n) is 11.4. The molecule has 16 nitrogen and oxygen atoms in total. The Morgan fingerprint density at radius 2 is 1.50 bits per heavy atom. The van der Waals surface area contributed by atoms with E-state index in [1.165, 1.54) is 49.5 Å². The number of anilines is 2. The highest BCUT2D eigenvalue weighted by Crippen LogP contribution is 2.49. The lowest BCUT2D eigenvalue weighted by molar-refractivity contribution is -0.384. The van der Waals surface area contributed by atoms with Gasteiger partial charge in [-0.15, -0.1) is 23.2 Å². The Morgan fingerprint density at radius 3 is 2.08 bits per heavy atom. The van der Waals surface area contributed by atoms with Crippen molar-refractivity contribution in [2.45, 2.75) is 65.3 Å². The standard InChI is InChI=1S/C23H18ClN3O7.C21H27ClN2O4/c1-10-18(23(30)33-2)20-19-12(8-24)9-26(14(19)7-15(28)21(20)25-10)22(29)17-6-11-5-13(27(31)32)3-4-16(11)34-17;1-6-7-16(25)28-15-8-14-18(13(9-22)10-24(14)11(2)3)19-17(21(26)27-5)12(4)23-20(15)19/h3-7,12,25,28H,8-9H2,1-2H3;8,11,13,23H,6-7,9-10H2,1-5H3. The number of nitro benzene ring substituents is 1. The highest BCUT2D eigenvalue weighted by molar-refractivity contribution is 6.20. The molecule has 18 heteroatoms. The molecule has 3 aromatic heterocycles. The van der Waals surface area contributed by atoms with Gasteiger partial charge in [0, 0.05) is 107 Å². The molecule has 0 radical (unpaired) electrons. The quantitative estimate of drug-likeness (QED) is 0.0387. The Kier molecular flexibility index (Phi) is 12.2. The van der Waals surface area contributed by atoms with Crippen LogP contribution >= 0.6 is 23.2 Å². The molecule has 8 rings (SSSR count). The number of amides is 1. The van der Waals surface area contributed by atoms with E-state index in [1.54, 1.807) is 6.92 Å². The monoisotopic (exact) mass is 889 g/mol. The van der Waals surface area contributed by atoms with Gasteiger partial charge < -0.3 is 43.5 Å². The second-order valence-corrected chi connectivity index (χ2v) is 16.2. The average molecular weight is 891 g/mol. The van der Waals surface area contributed by atoms with Crippen molar-refractivity contribution in [2.75, 3.05) is 48.9 Å². The largest absolute Gasteiger partial charge is 0.506 e. The fraction of sp³-hybridized carbons (Fsp3) is 0.364. The van der Waals surface area contributed by atoms with Crippen molar-refractivity contribution in [2.24, 2.45) is 0 Å². The predicted molar refractivity (Wildman–Crippen MR) is 235 cm³/mol. The molecule has 6 aromatic rings. The molecule has 2 aliphatic rings. The van der Waals surface area contributed by atoms with Crippen LogP contribution in [-0.4, -0.2) is 88.9 Å². The number of nitrogens with zero attached hydrogens (tertiary/aromatic N) is 3. The molecule has 1 amide bonds. The second kappa shape index (κ2) is 17.2. The predicted octanol–water partition coefficient (Wildman–Crippen LogP) is 9.12. The molecule has 3 aromatic carbocycles. The third-order valence-corrected chi connectivity index (χ3v) is 12.1. The molecule has 0 bridgehead atoms. The Balaban J connectivity index is 0.000000190. The number of halogens is 2. The Hall–Kier alpha value is -6.26. The number of ether oxygens (including phenoxy) is 3. The van der Waals surface area contributed by atoms with Crippen molar-refractivity contribution in [3.8, 4) is 11.5 Å². The number of non-ortho nitro benzene ring substituents is 1. The van der Waals surface area contributed by atoms with Crippen LogP contribution in [-0.2, 0) is 14.3 Å². The van der Waals surface area contributed by atoms with Gasteiger partial charge in [-0.1, -0.05) is 6.92 Å². The van der Waals surface area contributed by atoms with Gasteiger partial charge in [-0.25, -0.2) is 9.59 Å². The lowest BCUT2D eigenvalue weighted by atomic mass is 9.95. The van der Waals surface area contributed by atoms with Gasteiger partial charge >= 0.3 is 17.9 Å². The molecule has 0 aliphatic carbocycles. The van der Waals surface area contributed by atoms with Crippen LogP contribution in [0.4, 0.5) is 17.1 Å². The zero-order chi connectivity index (χ0) is 44.9. The highest BCUT2D eigenvalue weighted by atomic mass is 35.5. The lowest BCUT2D eigenvalue weighted by Gasteiger charge is -2.24. The fourth-order valence-corrected chi connectivity index (χ4v) is 9.09. The number of aryl methyl sites for hydroxylation is 2. The van der Waals surface area contributed by atoms with Gasteiger partial charge in [-0.2, -0.15) is 0 Å². The first-order valence-electron chi connectivity index (χ1n) is 19.9. The molecule has 0 fully saturated rings. The van der Waals surface area contributed by atoms with Gasteiger partial charge in [0.15, 0.2) is 11.5 Å². The van der Waals surface area contributed by atoms with E-state index in [-0.39, 0.29) is 59.0 Å². The molecule has 62 heavy (non-hydrogen) atoms. The van der Waals surface area contributed by atoms with Crippen LogP contribution in [0.15, 0.2) is 40.8 Å². The zero-order valence-electron chi connectivity index (χ0n) is 35.1. The number of carbonyl (C=O) groups is 4. The Bertz CT molecular complexity index is 2810. The van der Waals surface area contributed by atoms with E-state index in [4.69, 9.17) is 41.8 Å². The zero-order valence-corrected chi connectivity index (χ0v) is 36.6. The minimum Gasteiger partial charge on any atom is -0.506 e. The van der Waals surface area contributed by atoms with Gasteiger partial charge in [0.05, 0.1) is 47.0 Å². The summed E-state index contributed by atoms with van der Waals surface area (Å²) in [6.07, 6.45) is 1.04. The number of hydrogen-bond acceptors (Lipinski definition) is 12. The Morgan fingerprint density at radius 1 is 0.903 bits per heavy atom. The summed E-state index contributed by atoms with van der Waals surface area (Å²) < 4.78 is 21.3. The maximum Gasteiger partial charge on any atom is 0.340 e. The number of aromatic amines is 2. The van der Waals surface area contributed by atoms with Crippen molar-refractivity contribution in [3.63, 3.8) is 0 Å². The van der Waals surface area contributed by atoms with Crippen molar-refractivity contribution in [1.82, 2.24) is 9.97 Å². The summed E-state index contributed by atoms with van der Waals surface area (Å²) in [6, 6.07) is 9.09. The van der Waals surface area contributed by atoms with Crippen LogP contribution in [0.5, 0.6) is 11.5 Å². The van der Waals surface area contributed by atoms with Gasteiger partial charge in [-0.3, -0.25) is 19.7 Å². The number of aromatic hydroxyl groups is 1. The maximum atomic E-state index is 13.5. The van der Waals surface area contributed by atoms with Gasteiger partial charge in [0.2, 0.25) is 0 Å². The minimum atomic E-state index is -0.575. The summed E-state index contributed by atoms with van der Waals surface area (Å²) >= 11 is 12.6. The van der Waals surface area contributed by atoms with Crippen LogP contribution in [0.1, 0.15) is 99.2 Å². The topological polar surface area (TPSA) is 211 Å². The number of nitro groups is 1. The van der Waals surface area contributed by atoms with Crippen molar-refractivity contribution >= 4 is 96.9 Å². The number of methoxy groups -OCH3 is 2. The van der Waals surface area contributed by atoms with E-state index < -0.39 is 22.8 Å². The summed E-state index contributed by atoms with van der Waals surface area (Å²) in [5.41, 5.74) is 6.16. The van der Waals surface area contributed by atoms with E-state index in [0.29, 0.717) is 80.1 Å². The number of aromatic nitrogens is 2. The smallest absolute Gasteiger partial charge is 0.340 e. The number of benzene rings is 3. The first-order valence-corrected chi connectivity index (χ1v) is 21.0. The Labute approximate surface area is 365 Å². The maximum absolute atomic E-state index is 13.5. The summed E-state index contributed by atoms with van der Waals surface area (Å²) in [4.78, 5) is 71.2. The molecule has 5 heterocycles. The summed E-state index contributed by atoms with van der Waals surface area (Å²) in [7, 11) is 2.63. The van der Waals surface area contributed by atoms with E-state index in [9.17, 15) is 34.4 Å². The lowest BCUT2D eigenvalue weighted by Crippen LogP contribution is -2.29. The number of H-pyrrole nitrogens is 2. The molecule has 326 valence electrons. The summed E-state index contributed by atoms with van der Waals surface area (Å²) in [5, 5.41) is 23.4. The molecule has 2 aliphatic heterocycles. The number of carbonyl (C=O) groups excluding carboxylic acids is 4. The second-order valence-electron chi connectivity index (χ2n) is 15.5. The van der Waals surface area contributed by atoms with E-state index >= 15 is 0 Å². The van der Waals surface area contributed by atoms with Gasteiger partial charge in [-0.05, 0) is 57.4 Å². The number of fused-ring (bicyclic) bond motifs is 7. The number of alkyl halides is 2. The van der Waals surface area contributed by atoms with E-state index in [2.05, 4.69) is 28.7 Å². The SMILES string of the molecule is CCCC(=O)Oc1cc2c(c3c(C(=O)OC)c(C)[nH]c13)C(CCl)CN2C(C)C.COC(=O)c1c(C)[nH]c2c(O)cc3c(c12)C(CCl)CN3C(=O)c1cc2cc([N+](=O)[O-])ccc2o1. The normalized spacial score (nSPS) is 15.5. The van der Waals surface area contributed by atoms with Gasteiger partial charge in [0.1, 0.15) is 11.3 Å². The van der Waals surface area contributed by atoms with Crippen LogP contribution < -0.4 is 14.5 Å². The molecule has 0 saturated carbocycles. The van der Waals surface area contributed by atoms with E-state index in [1.807, 2.05) is 19.9 Å². The molecule has 2 atom stereocenters. The number of esters is 3. The molecular formula is C44H45Cl2N5O11. The number of furan rings is 1. The van der Waals surface area contributed by atoms with Gasteiger partial charge in [0.25, 0.3) is 11.6 Å². The molecule has 2 unspecified atom stereocenters. The highest BCUT2D eigenvalue weighted by Gasteiger charge is 2.39. The summed E-state index contributed by atoms with van der Waals surface area (Å²) in [5.74, 6) is -1.17. The number of hydrogen-bond donors (Lipinski definition) is 3. The molecule has 3 N–H and O–H groups in total. The third kappa shape index (κ3) is 7.44. The molecular weight excluding hydrogens is 845 g/mol. The minimum absolute atomic E-state index is 0.0188. The molecule has 0 spiro atoms. The van der Waals surface area contributed by atoms with Crippen molar-refractivity contribution in [3.05, 3.63) is 85.9 Å². The number of rotatable bonds is 10. The van der Waals surface area contributed by atoms with Crippen LogP contribution in [0.3, 0.4) is 0 Å². The van der Waals surface area contributed by atoms with E-state index in [0.717, 1.165) is 23.2 Å². The van der Waals surface area contributed by atoms with Crippen molar-refractivity contribution in [1.29, 1.82) is 0 Å². The first kappa shape index (κ1) is 43.8. The fourth-order valence-electron chi connectivity index (χ4n) is 8.59. The van der Waals surface area contributed by atoms with Crippen LogP contribution in [0.25, 0.3) is 32.8 Å². The van der Waals surface area contributed by atoms with Crippen molar-refractivity contribution < 1.29 is 47.8 Å². The number of phenolic OH excluding ortho intramolecular Hbond substituents is 1. The average Bonchev–Trinajstić information content (AvgIpc) is 4.07. The van der Waals surface area contributed by atoms with Crippen LogP contribution in [0.2, 0.25) is 0 Å². The molecule has 0 saturated heterocycles. The number of nitrogens with one attached hydrogen (secondary N) is 2. The summed E-state index contributed by atoms with van der Waals surface area (Å²) in [6.45, 7) is 10.6.